The highest BCUT2D eigenvalue weighted by Crippen LogP contribution is 2.65. The van der Waals surface area contributed by atoms with Crippen molar-refractivity contribution in [1.82, 2.24) is 0 Å². The van der Waals surface area contributed by atoms with Crippen molar-refractivity contribution in [2.45, 2.75) is 39.0 Å². The summed E-state index contributed by atoms with van der Waals surface area (Å²) in [7, 11) is 1.46. The van der Waals surface area contributed by atoms with Crippen LogP contribution in [0, 0.1) is 34.9 Å². The fraction of sp³-hybridized carbons (Fsp3) is 0.333. The second-order valence-corrected chi connectivity index (χ2v) is 13.1. The summed E-state index contributed by atoms with van der Waals surface area (Å²) < 4.78 is 19.8. The number of anilines is 2. The summed E-state index contributed by atoms with van der Waals surface area (Å²) in [6.07, 6.45) is 3.12. The minimum absolute atomic E-state index is 0.122. The molecule has 4 aliphatic rings. The number of carbonyl (C=O) groups is 4. The zero-order valence-corrected chi connectivity index (χ0v) is 26.3. The number of halogens is 2. The number of aromatic hydroxyl groups is 1. The Morgan fingerprint density at radius 2 is 1.67 bits per heavy atom. The molecule has 0 aromatic heterocycles. The average molecular weight is 643 g/mol. The molecular weight excluding hydrogens is 611 g/mol. The molecule has 3 aromatic rings. The number of benzene rings is 3. The summed E-state index contributed by atoms with van der Waals surface area (Å²) in [6.45, 7) is 3.72. The maximum Gasteiger partial charge on any atom is 0.241 e. The predicted molar refractivity (Wildman–Crippen MR) is 169 cm³/mol. The second-order valence-electron chi connectivity index (χ2n) is 12.7. The molecule has 236 valence electrons. The van der Waals surface area contributed by atoms with Crippen molar-refractivity contribution in [2.24, 2.45) is 29.1 Å². The first-order valence-electron chi connectivity index (χ1n) is 15.4. The van der Waals surface area contributed by atoms with Crippen molar-refractivity contribution < 1.29 is 33.4 Å². The molecule has 2 saturated heterocycles. The maximum absolute atomic E-state index is 14.6. The molecule has 3 fully saturated rings. The van der Waals surface area contributed by atoms with Crippen LogP contribution in [0.2, 0.25) is 5.02 Å². The smallest absolute Gasteiger partial charge is 0.241 e. The van der Waals surface area contributed by atoms with Crippen LogP contribution in [0.4, 0.5) is 15.8 Å². The van der Waals surface area contributed by atoms with Crippen LogP contribution in [0.3, 0.4) is 0 Å². The van der Waals surface area contributed by atoms with Crippen molar-refractivity contribution in [3.63, 3.8) is 0 Å². The molecule has 10 heteroatoms. The number of carbonyl (C=O) groups excluding carboxylic acids is 4. The van der Waals surface area contributed by atoms with Crippen molar-refractivity contribution in [3.05, 3.63) is 94.3 Å². The van der Waals surface area contributed by atoms with Gasteiger partial charge in [-0.3, -0.25) is 24.1 Å². The number of phenols is 1. The largest absolute Gasteiger partial charge is 0.508 e. The Morgan fingerprint density at radius 3 is 2.35 bits per heavy atom. The van der Waals surface area contributed by atoms with Gasteiger partial charge in [-0.25, -0.2) is 9.29 Å². The summed E-state index contributed by atoms with van der Waals surface area (Å²) in [6, 6.07) is 15.8. The summed E-state index contributed by atoms with van der Waals surface area (Å²) in [4.78, 5) is 59.3. The lowest BCUT2D eigenvalue weighted by molar-refractivity contribution is -0.131. The molecule has 2 aliphatic carbocycles. The number of hydrogen-bond donors (Lipinski definition) is 1. The van der Waals surface area contributed by atoms with E-state index < -0.39 is 52.6 Å². The van der Waals surface area contributed by atoms with Crippen molar-refractivity contribution in [3.8, 4) is 11.5 Å². The first-order chi connectivity index (χ1) is 22.0. The Labute approximate surface area is 270 Å². The third-order valence-corrected chi connectivity index (χ3v) is 10.9. The van der Waals surface area contributed by atoms with E-state index in [1.54, 1.807) is 31.2 Å². The molecule has 0 bridgehead atoms. The quantitative estimate of drug-likeness (QED) is 0.263. The monoisotopic (exact) mass is 642 g/mol. The number of imide groups is 2. The van der Waals surface area contributed by atoms with Gasteiger partial charge in [0.25, 0.3) is 0 Å². The van der Waals surface area contributed by atoms with Gasteiger partial charge in [-0.2, -0.15) is 0 Å². The molecule has 46 heavy (non-hydrogen) atoms. The van der Waals surface area contributed by atoms with E-state index >= 15 is 0 Å². The molecular formula is C36H32ClFN2O6. The predicted octanol–water partition coefficient (Wildman–Crippen LogP) is 6.19. The molecule has 1 N–H and O–H groups in total. The van der Waals surface area contributed by atoms with E-state index in [1.807, 2.05) is 25.1 Å². The highest BCUT2D eigenvalue weighted by molar-refractivity contribution is 6.32. The van der Waals surface area contributed by atoms with Gasteiger partial charge >= 0.3 is 0 Å². The first-order valence-corrected chi connectivity index (χ1v) is 15.8. The molecule has 1 saturated carbocycles. The normalized spacial score (nSPS) is 28.6. The topological polar surface area (TPSA) is 104 Å². The molecule has 8 nitrogen and oxygen atoms in total. The summed E-state index contributed by atoms with van der Waals surface area (Å²) in [5.41, 5.74) is 1.32. The standard InChI is InChI=1S/C36H32ClFN2O6/c1-4-18-8-10-19(11-9-18)39-32(42)22-14-13-21-23(29(22)34(39)44)17-24-33(43)40(20-12-15-26(38)25(37)16-20)35(45)36(24,2)31(21)30-27(41)6-5-7-28(30)46-3/h5-13,15-16,22-24,29,31,41H,4,14,17H2,1-3H3/t22-,23+,24-,29-,31+,36+/m0/s1. The van der Waals surface area contributed by atoms with Gasteiger partial charge < -0.3 is 9.84 Å². The molecule has 6 atom stereocenters. The van der Waals surface area contributed by atoms with Gasteiger partial charge in [0.15, 0.2) is 0 Å². The Bertz CT molecular complexity index is 1860. The number of ether oxygens (including phenoxy) is 1. The van der Waals surface area contributed by atoms with Crippen LogP contribution in [0.1, 0.15) is 43.7 Å². The fourth-order valence-corrected chi connectivity index (χ4v) is 8.50. The van der Waals surface area contributed by atoms with Crippen LogP contribution in [0.25, 0.3) is 0 Å². The van der Waals surface area contributed by atoms with Crippen molar-refractivity contribution >= 4 is 46.6 Å². The zero-order valence-electron chi connectivity index (χ0n) is 25.5. The highest BCUT2D eigenvalue weighted by Gasteiger charge is 2.68. The number of allylic oxidation sites excluding steroid dienone is 2. The number of hydrogen-bond acceptors (Lipinski definition) is 6. The third-order valence-electron chi connectivity index (χ3n) is 10.6. The minimum atomic E-state index is -1.42. The Balaban J connectivity index is 1.38. The Kier molecular flexibility index (Phi) is 7.08. The SMILES string of the molecule is CCc1ccc(N2C(=O)[C@H]3[C@H](CC=C4[C@H]3C[C@H]3C(=O)N(c5ccc(F)c(Cl)c5)C(=O)[C@@]3(C)[C@H]4c3c(O)cccc3OC)C2=O)cc1. The van der Waals surface area contributed by atoms with Crippen LogP contribution >= 0.6 is 11.6 Å². The Morgan fingerprint density at radius 1 is 0.957 bits per heavy atom. The summed E-state index contributed by atoms with van der Waals surface area (Å²) in [5, 5.41) is 11.1. The van der Waals surface area contributed by atoms with Crippen LogP contribution in [0.5, 0.6) is 11.5 Å². The van der Waals surface area contributed by atoms with Crippen LogP contribution in [-0.4, -0.2) is 35.8 Å². The lowest BCUT2D eigenvalue weighted by Crippen LogP contribution is -2.49. The van der Waals surface area contributed by atoms with E-state index in [0.29, 0.717) is 22.6 Å². The van der Waals surface area contributed by atoms with Crippen molar-refractivity contribution in [2.75, 3.05) is 16.9 Å². The number of methoxy groups -OCH3 is 1. The van der Waals surface area contributed by atoms with Gasteiger partial charge in [0.1, 0.15) is 17.3 Å². The van der Waals surface area contributed by atoms with Crippen molar-refractivity contribution in [1.29, 1.82) is 0 Å². The van der Waals surface area contributed by atoms with E-state index in [-0.39, 0.29) is 41.1 Å². The van der Waals surface area contributed by atoms with E-state index in [9.17, 15) is 28.7 Å². The van der Waals surface area contributed by atoms with E-state index in [0.717, 1.165) is 23.0 Å². The van der Waals surface area contributed by atoms with Crippen LogP contribution in [0.15, 0.2) is 72.3 Å². The fourth-order valence-electron chi connectivity index (χ4n) is 8.33. The molecule has 2 heterocycles. The Hall–Kier alpha value is -4.50. The van der Waals surface area contributed by atoms with E-state index in [2.05, 4.69) is 0 Å². The molecule has 3 aromatic carbocycles. The maximum atomic E-state index is 14.6. The van der Waals surface area contributed by atoms with Gasteiger partial charge in [-0.1, -0.05) is 48.4 Å². The van der Waals surface area contributed by atoms with Crippen LogP contribution < -0.4 is 14.5 Å². The van der Waals surface area contributed by atoms with Gasteiger partial charge in [-0.05, 0) is 80.1 Å². The van der Waals surface area contributed by atoms with E-state index in [1.165, 1.54) is 30.2 Å². The first kappa shape index (κ1) is 30.2. The third kappa shape index (κ3) is 4.10. The van der Waals surface area contributed by atoms with Gasteiger partial charge in [0, 0.05) is 11.5 Å². The molecule has 0 spiro atoms. The number of phenolic OH excluding ortho intramolecular Hbond substituents is 1. The van der Waals surface area contributed by atoms with Gasteiger partial charge in [0.05, 0.1) is 46.7 Å². The van der Waals surface area contributed by atoms with Crippen LogP contribution in [-0.2, 0) is 25.6 Å². The number of nitrogens with zero attached hydrogens (tertiary/aromatic N) is 2. The zero-order chi connectivity index (χ0) is 32.7. The minimum Gasteiger partial charge on any atom is -0.508 e. The average Bonchev–Trinajstić information content (AvgIpc) is 3.42. The molecule has 0 radical (unpaired) electrons. The molecule has 2 aliphatic heterocycles. The number of fused-ring (bicyclic) bond motifs is 4. The van der Waals surface area contributed by atoms with Gasteiger partial charge in [-0.15, -0.1) is 0 Å². The molecule has 4 amide bonds. The number of aryl methyl sites for hydroxylation is 1. The van der Waals surface area contributed by atoms with E-state index in [4.69, 9.17) is 16.3 Å². The summed E-state index contributed by atoms with van der Waals surface area (Å²) in [5.74, 6) is -5.95. The lowest BCUT2D eigenvalue weighted by atomic mass is 9.51. The second kappa shape index (κ2) is 10.8. The molecule has 0 unspecified atom stereocenters. The molecule has 7 rings (SSSR count). The number of rotatable bonds is 5. The highest BCUT2D eigenvalue weighted by atomic mass is 35.5. The lowest BCUT2D eigenvalue weighted by Gasteiger charge is -2.49. The number of amides is 4. The summed E-state index contributed by atoms with van der Waals surface area (Å²) >= 11 is 6.07. The van der Waals surface area contributed by atoms with Gasteiger partial charge in [0.2, 0.25) is 23.6 Å².